The van der Waals surface area contributed by atoms with E-state index < -0.39 is 0 Å². The Morgan fingerprint density at radius 3 is 2.62 bits per heavy atom. The lowest BCUT2D eigenvalue weighted by Gasteiger charge is -2.33. The van der Waals surface area contributed by atoms with Crippen LogP contribution in [-0.4, -0.2) is 60.7 Å². The van der Waals surface area contributed by atoms with Gasteiger partial charge in [-0.25, -0.2) is 4.98 Å². The van der Waals surface area contributed by atoms with Crippen molar-refractivity contribution >= 4 is 11.7 Å². The van der Waals surface area contributed by atoms with Crippen LogP contribution in [0.5, 0.6) is 0 Å². The Labute approximate surface area is 154 Å². The predicted molar refractivity (Wildman–Crippen MR) is 101 cm³/mol. The van der Waals surface area contributed by atoms with Gasteiger partial charge in [-0.15, -0.1) is 0 Å². The van der Waals surface area contributed by atoms with E-state index in [1.165, 1.54) is 0 Å². The number of anilines is 1. The second kappa shape index (κ2) is 8.31. The fourth-order valence-electron chi connectivity index (χ4n) is 3.17. The van der Waals surface area contributed by atoms with Crippen LogP contribution in [0.25, 0.3) is 0 Å². The van der Waals surface area contributed by atoms with E-state index >= 15 is 0 Å². The predicted octanol–water partition coefficient (Wildman–Crippen LogP) is 1.80. The van der Waals surface area contributed by atoms with E-state index in [2.05, 4.69) is 32.3 Å². The molecule has 0 aromatic carbocycles. The number of aromatic nitrogens is 2. The highest BCUT2D eigenvalue weighted by molar-refractivity contribution is 5.94. The second-order valence-electron chi connectivity index (χ2n) is 6.86. The van der Waals surface area contributed by atoms with E-state index in [0.717, 1.165) is 61.9 Å². The van der Waals surface area contributed by atoms with Gasteiger partial charge in [0.05, 0.1) is 11.3 Å². The molecule has 1 N–H and O–H groups in total. The molecular formula is C19H27N5O2. The monoisotopic (exact) mass is 357 g/mol. The third kappa shape index (κ3) is 4.40. The van der Waals surface area contributed by atoms with E-state index in [1.54, 1.807) is 6.20 Å². The van der Waals surface area contributed by atoms with E-state index in [0.29, 0.717) is 12.1 Å². The summed E-state index contributed by atoms with van der Waals surface area (Å²) in [5.41, 5.74) is 2.66. The van der Waals surface area contributed by atoms with Crippen molar-refractivity contribution in [1.29, 1.82) is 0 Å². The first-order chi connectivity index (χ1) is 12.5. The van der Waals surface area contributed by atoms with Crippen LogP contribution < -0.4 is 10.2 Å². The van der Waals surface area contributed by atoms with Gasteiger partial charge < -0.3 is 19.6 Å². The van der Waals surface area contributed by atoms with Gasteiger partial charge in [0.25, 0.3) is 5.91 Å². The van der Waals surface area contributed by atoms with Crippen molar-refractivity contribution in [2.24, 2.45) is 0 Å². The van der Waals surface area contributed by atoms with Crippen LogP contribution in [0.2, 0.25) is 0 Å². The van der Waals surface area contributed by atoms with Crippen LogP contribution in [0.4, 0.5) is 5.82 Å². The van der Waals surface area contributed by atoms with E-state index in [4.69, 9.17) is 4.52 Å². The zero-order valence-corrected chi connectivity index (χ0v) is 15.8. The molecule has 0 bridgehead atoms. The van der Waals surface area contributed by atoms with Gasteiger partial charge in [0, 0.05) is 44.5 Å². The summed E-state index contributed by atoms with van der Waals surface area (Å²) >= 11 is 0. The fourth-order valence-corrected chi connectivity index (χ4v) is 3.17. The summed E-state index contributed by atoms with van der Waals surface area (Å²) in [6.45, 7) is 8.49. The third-order valence-electron chi connectivity index (χ3n) is 4.91. The van der Waals surface area contributed by atoms with Crippen molar-refractivity contribution < 1.29 is 9.32 Å². The first-order valence-corrected chi connectivity index (χ1v) is 9.14. The topological polar surface area (TPSA) is 74.5 Å². The number of nitrogens with zero attached hydrogens (tertiary/aromatic N) is 4. The minimum atomic E-state index is -0.0822. The second-order valence-corrected chi connectivity index (χ2v) is 6.86. The molecule has 0 radical (unpaired) electrons. The highest BCUT2D eigenvalue weighted by atomic mass is 16.5. The van der Waals surface area contributed by atoms with Gasteiger partial charge in [-0.1, -0.05) is 5.16 Å². The number of hydrogen-bond acceptors (Lipinski definition) is 6. The number of piperazine rings is 1. The summed E-state index contributed by atoms with van der Waals surface area (Å²) in [7, 11) is 2.13. The molecule has 7 heteroatoms. The molecule has 1 amide bonds. The quantitative estimate of drug-likeness (QED) is 0.795. The largest absolute Gasteiger partial charge is 0.361 e. The Morgan fingerprint density at radius 1 is 1.23 bits per heavy atom. The van der Waals surface area contributed by atoms with Gasteiger partial charge in [-0.2, -0.15) is 0 Å². The van der Waals surface area contributed by atoms with E-state index in [9.17, 15) is 4.79 Å². The zero-order chi connectivity index (χ0) is 18.5. The molecule has 1 fully saturated rings. The summed E-state index contributed by atoms with van der Waals surface area (Å²) in [6, 6.07) is 3.79. The van der Waals surface area contributed by atoms with Crippen LogP contribution in [0, 0.1) is 13.8 Å². The summed E-state index contributed by atoms with van der Waals surface area (Å²) in [5, 5.41) is 6.91. The standard InChI is InChI=1S/C19H27N5O2/c1-14-17(15(2)26-22-14)5-4-8-20-19(25)16-6-7-18(21-13-16)24-11-9-23(3)10-12-24/h6-7,13H,4-5,8-12H2,1-3H3,(H,20,25). The average Bonchev–Trinajstić information content (AvgIpc) is 2.97. The maximum atomic E-state index is 12.3. The number of aryl methyl sites for hydroxylation is 2. The molecule has 0 unspecified atom stereocenters. The number of amides is 1. The lowest BCUT2D eigenvalue weighted by molar-refractivity contribution is 0.0953. The van der Waals surface area contributed by atoms with Crippen molar-refractivity contribution in [3.05, 3.63) is 40.9 Å². The molecule has 2 aromatic heterocycles. The molecule has 0 atom stereocenters. The lowest BCUT2D eigenvalue weighted by atomic mass is 10.1. The number of pyridine rings is 1. The molecular weight excluding hydrogens is 330 g/mol. The molecule has 1 aliphatic heterocycles. The minimum Gasteiger partial charge on any atom is -0.361 e. The molecule has 3 rings (SSSR count). The van der Waals surface area contributed by atoms with Gasteiger partial charge in [-0.3, -0.25) is 4.79 Å². The minimum absolute atomic E-state index is 0.0822. The average molecular weight is 357 g/mol. The lowest BCUT2D eigenvalue weighted by Crippen LogP contribution is -2.44. The number of carbonyl (C=O) groups is 1. The molecule has 2 aromatic rings. The molecule has 1 aliphatic rings. The Kier molecular flexibility index (Phi) is 5.88. The zero-order valence-electron chi connectivity index (χ0n) is 15.8. The molecule has 0 aliphatic carbocycles. The van der Waals surface area contributed by atoms with Gasteiger partial charge in [0.2, 0.25) is 0 Å². The molecule has 1 saturated heterocycles. The smallest absolute Gasteiger partial charge is 0.252 e. The maximum absolute atomic E-state index is 12.3. The molecule has 3 heterocycles. The van der Waals surface area contributed by atoms with Gasteiger partial charge in [0.1, 0.15) is 11.6 Å². The molecule has 7 nitrogen and oxygen atoms in total. The molecule has 140 valence electrons. The van der Waals surface area contributed by atoms with Crippen molar-refractivity contribution in [2.75, 3.05) is 44.7 Å². The summed E-state index contributed by atoms with van der Waals surface area (Å²) in [6.07, 6.45) is 3.36. The van der Waals surface area contributed by atoms with Crippen LogP contribution in [0.3, 0.4) is 0 Å². The molecule has 0 saturated carbocycles. The summed E-state index contributed by atoms with van der Waals surface area (Å²) in [5.74, 6) is 1.71. The van der Waals surface area contributed by atoms with Crippen molar-refractivity contribution in [1.82, 2.24) is 20.4 Å². The first kappa shape index (κ1) is 18.4. The van der Waals surface area contributed by atoms with Crippen molar-refractivity contribution in [3.8, 4) is 0 Å². The van der Waals surface area contributed by atoms with Crippen molar-refractivity contribution in [3.63, 3.8) is 0 Å². The Morgan fingerprint density at radius 2 is 2.00 bits per heavy atom. The maximum Gasteiger partial charge on any atom is 0.252 e. The Balaban J connectivity index is 1.46. The highest BCUT2D eigenvalue weighted by Gasteiger charge is 2.16. The molecule has 26 heavy (non-hydrogen) atoms. The number of likely N-dealkylation sites (N-methyl/N-ethyl adjacent to an activating group) is 1. The number of hydrogen-bond donors (Lipinski definition) is 1. The first-order valence-electron chi connectivity index (χ1n) is 9.14. The fraction of sp³-hybridized carbons (Fsp3) is 0.526. The normalized spacial score (nSPS) is 15.3. The number of nitrogens with one attached hydrogen (secondary N) is 1. The Bertz CT molecular complexity index is 713. The SMILES string of the molecule is Cc1noc(C)c1CCCNC(=O)c1ccc(N2CCN(C)CC2)nc1. The van der Waals surface area contributed by atoms with Gasteiger partial charge >= 0.3 is 0 Å². The van der Waals surface area contributed by atoms with Crippen LogP contribution >= 0.6 is 0 Å². The van der Waals surface area contributed by atoms with Gasteiger partial charge in [-0.05, 0) is 45.9 Å². The summed E-state index contributed by atoms with van der Waals surface area (Å²) in [4.78, 5) is 21.3. The number of carbonyl (C=O) groups excluding carboxylic acids is 1. The van der Waals surface area contributed by atoms with E-state index in [1.807, 2.05) is 26.0 Å². The number of rotatable bonds is 6. The van der Waals surface area contributed by atoms with Crippen LogP contribution in [0.1, 0.15) is 33.8 Å². The van der Waals surface area contributed by atoms with Crippen LogP contribution in [0.15, 0.2) is 22.9 Å². The summed E-state index contributed by atoms with van der Waals surface area (Å²) < 4.78 is 5.16. The highest BCUT2D eigenvalue weighted by Crippen LogP contribution is 2.15. The van der Waals surface area contributed by atoms with Gasteiger partial charge in [0.15, 0.2) is 0 Å². The molecule has 0 spiro atoms. The van der Waals surface area contributed by atoms with Crippen molar-refractivity contribution in [2.45, 2.75) is 26.7 Å². The van der Waals surface area contributed by atoms with E-state index in [-0.39, 0.29) is 5.91 Å². The van der Waals surface area contributed by atoms with Crippen LogP contribution in [-0.2, 0) is 6.42 Å². The Hall–Kier alpha value is -2.41. The third-order valence-corrected chi connectivity index (χ3v) is 4.91.